The van der Waals surface area contributed by atoms with Gasteiger partial charge >= 0.3 is 0 Å². The molecular formula is C25H23ClN6O2. The maximum atomic E-state index is 9.85. The van der Waals surface area contributed by atoms with Crippen molar-refractivity contribution in [2.45, 2.75) is 6.61 Å². The average Bonchev–Trinajstić information content (AvgIpc) is 3.32. The zero-order valence-electron chi connectivity index (χ0n) is 18.6. The highest BCUT2D eigenvalue weighted by Crippen LogP contribution is 2.34. The summed E-state index contributed by atoms with van der Waals surface area (Å²) in [7, 11) is 1.55. The molecule has 5 rings (SSSR count). The van der Waals surface area contributed by atoms with Crippen molar-refractivity contribution in [3.05, 3.63) is 71.1 Å². The van der Waals surface area contributed by atoms with Crippen LogP contribution in [0.25, 0.3) is 16.9 Å². The Hall–Kier alpha value is -3.80. The van der Waals surface area contributed by atoms with Crippen LogP contribution in [-0.2, 0) is 6.61 Å². The van der Waals surface area contributed by atoms with Crippen molar-refractivity contribution in [1.82, 2.24) is 14.4 Å². The lowest BCUT2D eigenvalue weighted by Crippen LogP contribution is -2.46. The molecule has 1 fully saturated rings. The first-order chi connectivity index (χ1) is 16.6. The number of aliphatic hydroxyl groups excluding tert-OH is 1. The van der Waals surface area contributed by atoms with E-state index >= 15 is 0 Å². The number of nitrogens with zero attached hydrogens (tertiary/aromatic N) is 6. The molecule has 9 heteroatoms. The van der Waals surface area contributed by atoms with Gasteiger partial charge < -0.3 is 24.0 Å². The Morgan fingerprint density at radius 1 is 1.12 bits per heavy atom. The van der Waals surface area contributed by atoms with Gasteiger partial charge in [-0.15, -0.1) is 0 Å². The number of fused-ring (bicyclic) bond motifs is 1. The summed E-state index contributed by atoms with van der Waals surface area (Å²) in [5.74, 6) is 1.42. The van der Waals surface area contributed by atoms with E-state index in [1.54, 1.807) is 31.5 Å². The Morgan fingerprint density at radius 2 is 1.91 bits per heavy atom. The van der Waals surface area contributed by atoms with Crippen LogP contribution in [0.2, 0.25) is 5.02 Å². The highest BCUT2D eigenvalue weighted by molar-refractivity contribution is 6.32. The van der Waals surface area contributed by atoms with Crippen molar-refractivity contribution in [1.29, 1.82) is 5.26 Å². The molecule has 1 N–H and O–H groups in total. The number of halogens is 1. The molecule has 0 spiro atoms. The summed E-state index contributed by atoms with van der Waals surface area (Å²) in [6.45, 7) is 3.25. The fraction of sp³-hybridized carbons (Fsp3) is 0.240. The quantitative estimate of drug-likeness (QED) is 0.471. The highest BCUT2D eigenvalue weighted by atomic mass is 35.5. The minimum absolute atomic E-state index is 0.139. The number of piperazine rings is 1. The Morgan fingerprint density at radius 3 is 2.59 bits per heavy atom. The van der Waals surface area contributed by atoms with E-state index in [2.05, 4.69) is 33.0 Å². The monoisotopic (exact) mass is 474 g/mol. The van der Waals surface area contributed by atoms with Gasteiger partial charge in [0.2, 0.25) is 0 Å². The van der Waals surface area contributed by atoms with E-state index in [0.29, 0.717) is 21.9 Å². The standard InChI is InChI=1S/C25H23ClN6O2/c1-34-23-10-18(16-33)20(12-21(23)26)22-15-32-5-4-19(11-25(32)29-22)30-6-8-31(9-7-30)24-3-2-17(13-27)14-28-24/h2-5,10-12,14-15,33H,6-9,16H2,1H3. The normalized spacial score (nSPS) is 13.8. The Bertz CT molecular complexity index is 1370. The molecule has 4 heterocycles. The van der Waals surface area contributed by atoms with Crippen molar-refractivity contribution in [3.63, 3.8) is 0 Å². The predicted molar refractivity (Wildman–Crippen MR) is 131 cm³/mol. The molecular weight excluding hydrogens is 452 g/mol. The first-order valence-corrected chi connectivity index (χ1v) is 11.3. The zero-order chi connectivity index (χ0) is 23.7. The number of methoxy groups -OCH3 is 1. The summed E-state index contributed by atoms with van der Waals surface area (Å²) in [5, 5.41) is 19.3. The Labute approximate surface area is 202 Å². The second-order valence-electron chi connectivity index (χ2n) is 8.07. The molecule has 34 heavy (non-hydrogen) atoms. The number of benzene rings is 1. The second-order valence-corrected chi connectivity index (χ2v) is 8.48. The first kappa shape index (κ1) is 22.0. The lowest BCUT2D eigenvalue weighted by molar-refractivity contribution is 0.281. The molecule has 1 aromatic carbocycles. The van der Waals surface area contributed by atoms with Gasteiger partial charge in [0.15, 0.2) is 0 Å². The molecule has 172 valence electrons. The number of anilines is 2. The molecule has 0 atom stereocenters. The van der Waals surface area contributed by atoms with Gasteiger partial charge in [0.05, 0.1) is 30.0 Å². The number of hydrogen-bond acceptors (Lipinski definition) is 7. The smallest absolute Gasteiger partial charge is 0.139 e. The first-order valence-electron chi connectivity index (χ1n) is 10.9. The number of pyridine rings is 2. The van der Waals surface area contributed by atoms with E-state index in [-0.39, 0.29) is 6.61 Å². The fourth-order valence-electron chi connectivity index (χ4n) is 4.25. The van der Waals surface area contributed by atoms with Crippen molar-refractivity contribution in [2.75, 3.05) is 43.1 Å². The van der Waals surface area contributed by atoms with Crippen LogP contribution in [0.1, 0.15) is 11.1 Å². The van der Waals surface area contributed by atoms with Crippen LogP contribution in [0.15, 0.2) is 55.0 Å². The van der Waals surface area contributed by atoms with Crippen molar-refractivity contribution in [2.24, 2.45) is 0 Å². The molecule has 0 aliphatic carbocycles. The lowest BCUT2D eigenvalue weighted by atomic mass is 10.1. The summed E-state index contributed by atoms with van der Waals surface area (Å²) in [6, 6.07) is 13.5. The molecule has 1 aliphatic heterocycles. The van der Waals surface area contributed by atoms with Crippen molar-refractivity contribution < 1.29 is 9.84 Å². The van der Waals surface area contributed by atoms with Gasteiger partial charge in [-0.05, 0) is 35.9 Å². The molecule has 0 bridgehead atoms. The topological polar surface area (TPSA) is 89.9 Å². The molecule has 8 nitrogen and oxygen atoms in total. The largest absolute Gasteiger partial charge is 0.495 e. The highest BCUT2D eigenvalue weighted by Gasteiger charge is 2.19. The second kappa shape index (κ2) is 9.21. The van der Waals surface area contributed by atoms with Crippen LogP contribution in [0.3, 0.4) is 0 Å². The number of hydrogen-bond donors (Lipinski definition) is 1. The number of rotatable bonds is 5. The summed E-state index contributed by atoms with van der Waals surface area (Å²) < 4.78 is 7.24. The molecule has 0 amide bonds. The SMILES string of the molecule is COc1cc(CO)c(-c2cn3ccc(N4CCN(c5ccc(C#N)cn5)CC4)cc3n2)cc1Cl. The maximum absolute atomic E-state index is 9.85. The van der Waals surface area contributed by atoms with Crippen molar-refractivity contribution in [3.8, 4) is 23.1 Å². The van der Waals surface area contributed by atoms with E-state index in [1.807, 2.05) is 22.9 Å². The number of imidazole rings is 1. The van der Waals surface area contributed by atoms with E-state index in [1.165, 1.54) is 0 Å². The van der Waals surface area contributed by atoms with Crippen LogP contribution in [0.5, 0.6) is 5.75 Å². The van der Waals surface area contributed by atoms with Crippen LogP contribution >= 0.6 is 11.6 Å². The summed E-state index contributed by atoms with van der Waals surface area (Å²) in [4.78, 5) is 13.8. The van der Waals surface area contributed by atoms with Gasteiger partial charge in [0.1, 0.15) is 23.3 Å². The zero-order valence-corrected chi connectivity index (χ0v) is 19.4. The predicted octanol–water partition coefficient (Wildman–Crippen LogP) is 3.75. The number of ether oxygens (including phenoxy) is 1. The molecule has 0 unspecified atom stereocenters. The Kier molecular flexibility index (Phi) is 5.97. The molecule has 4 aromatic rings. The van der Waals surface area contributed by atoms with Crippen LogP contribution in [0, 0.1) is 11.3 Å². The summed E-state index contributed by atoms with van der Waals surface area (Å²) in [6.07, 6.45) is 5.55. The molecule has 3 aromatic heterocycles. The number of aliphatic hydroxyl groups is 1. The number of nitriles is 1. The summed E-state index contributed by atoms with van der Waals surface area (Å²) in [5.41, 5.74) is 4.71. The molecule has 0 saturated carbocycles. The van der Waals surface area contributed by atoms with Gasteiger partial charge in [-0.25, -0.2) is 9.97 Å². The Balaban J connectivity index is 1.36. The van der Waals surface area contributed by atoms with Gasteiger partial charge in [-0.3, -0.25) is 0 Å². The molecule has 1 aliphatic rings. The van der Waals surface area contributed by atoms with E-state index < -0.39 is 0 Å². The fourth-order valence-corrected chi connectivity index (χ4v) is 4.49. The van der Waals surface area contributed by atoms with Crippen molar-refractivity contribution >= 4 is 28.8 Å². The van der Waals surface area contributed by atoms with Crippen LogP contribution < -0.4 is 14.5 Å². The van der Waals surface area contributed by atoms with Gasteiger partial charge in [-0.2, -0.15) is 5.26 Å². The van der Waals surface area contributed by atoms with E-state index in [4.69, 9.17) is 26.6 Å². The third-order valence-electron chi connectivity index (χ3n) is 6.11. The third-order valence-corrected chi connectivity index (χ3v) is 6.41. The maximum Gasteiger partial charge on any atom is 0.139 e. The van der Waals surface area contributed by atoms with Gasteiger partial charge in [-0.1, -0.05) is 11.6 Å². The molecule has 1 saturated heterocycles. The van der Waals surface area contributed by atoms with Crippen LogP contribution in [0.4, 0.5) is 11.5 Å². The van der Waals surface area contributed by atoms with E-state index in [0.717, 1.165) is 54.6 Å². The number of aromatic nitrogens is 3. The lowest BCUT2D eigenvalue weighted by Gasteiger charge is -2.36. The minimum Gasteiger partial charge on any atom is -0.495 e. The summed E-state index contributed by atoms with van der Waals surface area (Å²) >= 11 is 6.33. The van der Waals surface area contributed by atoms with Gasteiger partial charge in [0, 0.05) is 62.1 Å². The minimum atomic E-state index is -0.139. The molecule has 0 radical (unpaired) electrons. The average molecular weight is 475 g/mol. The van der Waals surface area contributed by atoms with Gasteiger partial charge in [0.25, 0.3) is 0 Å². The third kappa shape index (κ3) is 4.12. The van der Waals surface area contributed by atoms with Crippen LogP contribution in [-0.4, -0.2) is 52.8 Å². The van der Waals surface area contributed by atoms with E-state index in [9.17, 15) is 5.11 Å².